The van der Waals surface area contributed by atoms with Crippen molar-refractivity contribution >= 4 is 5.96 Å². The molecule has 0 bridgehead atoms. The Hall–Kier alpha value is -1.59. The van der Waals surface area contributed by atoms with Crippen molar-refractivity contribution in [3.8, 4) is 0 Å². The lowest BCUT2D eigenvalue weighted by Crippen LogP contribution is -2.45. The highest BCUT2D eigenvalue weighted by atomic mass is 16.5. The van der Waals surface area contributed by atoms with Gasteiger partial charge in [-0.05, 0) is 50.8 Å². The molecule has 1 atom stereocenters. The van der Waals surface area contributed by atoms with Gasteiger partial charge in [-0.15, -0.1) is 0 Å². The van der Waals surface area contributed by atoms with Crippen molar-refractivity contribution in [3.63, 3.8) is 0 Å². The molecular weight excluding hydrogens is 324 g/mol. The molecule has 1 aliphatic heterocycles. The zero-order valence-electron chi connectivity index (χ0n) is 16.5. The summed E-state index contributed by atoms with van der Waals surface area (Å²) in [4.78, 5) is 6.87. The molecule has 2 rings (SSSR count). The molecule has 1 heterocycles. The summed E-state index contributed by atoms with van der Waals surface area (Å²) in [6.45, 7) is 8.17. The van der Waals surface area contributed by atoms with Gasteiger partial charge in [-0.2, -0.15) is 0 Å². The smallest absolute Gasteiger partial charge is 0.191 e. The lowest BCUT2D eigenvalue weighted by Gasteiger charge is -2.24. The third kappa shape index (κ3) is 7.75. The van der Waals surface area contributed by atoms with Crippen molar-refractivity contribution in [3.05, 3.63) is 35.9 Å². The molecule has 1 fully saturated rings. The van der Waals surface area contributed by atoms with Crippen LogP contribution in [0.3, 0.4) is 0 Å². The molecule has 1 saturated heterocycles. The van der Waals surface area contributed by atoms with Crippen molar-refractivity contribution < 1.29 is 4.74 Å². The zero-order valence-corrected chi connectivity index (χ0v) is 16.5. The average molecular weight is 361 g/mol. The van der Waals surface area contributed by atoms with Crippen molar-refractivity contribution in [2.24, 2.45) is 4.99 Å². The van der Waals surface area contributed by atoms with Crippen LogP contribution in [0.2, 0.25) is 0 Å². The maximum atomic E-state index is 5.73. The molecule has 146 valence electrons. The summed E-state index contributed by atoms with van der Waals surface area (Å²) in [7, 11) is 1.84. The Labute approximate surface area is 159 Å². The van der Waals surface area contributed by atoms with Gasteiger partial charge in [-0.3, -0.25) is 9.89 Å². The first-order chi connectivity index (χ1) is 12.8. The Morgan fingerprint density at radius 2 is 2.04 bits per heavy atom. The highest BCUT2D eigenvalue weighted by Gasteiger charge is 2.22. The van der Waals surface area contributed by atoms with E-state index < -0.39 is 0 Å². The van der Waals surface area contributed by atoms with E-state index in [0.717, 1.165) is 58.1 Å². The van der Waals surface area contributed by atoms with Crippen LogP contribution in [0.15, 0.2) is 35.3 Å². The van der Waals surface area contributed by atoms with E-state index in [2.05, 4.69) is 51.7 Å². The Balaban J connectivity index is 1.46. The number of rotatable bonds is 11. The highest BCUT2D eigenvalue weighted by molar-refractivity contribution is 5.79. The largest absolute Gasteiger partial charge is 0.381 e. The van der Waals surface area contributed by atoms with E-state index in [0.29, 0.717) is 6.04 Å². The van der Waals surface area contributed by atoms with Gasteiger partial charge in [-0.25, -0.2) is 0 Å². The summed E-state index contributed by atoms with van der Waals surface area (Å²) in [5.41, 5.74) is 1.34. The minimum absolute atomic E-state index is 0.650. The molecular formula is C21H36N4O. The van der Waals surface area contributed by atoms with Gasteiger partial charge >= 0.3 is 0 Å². The summed E-state index contributed by atoms with van der Waals surface area (Å²) in [5, 5.41) is 6.88. The second-order valence-electron chi connectivity index (χ2n) is 6.86. The van der Waals surface area contributed by atoms with Crippen LogP contribution in [0.25, 0.3) is 0 Å². The number of hydrogen-bond donors (Lipinski definition) is 2. The van der Waals surface area contributed by atoms with E-state index in [-0.39, 0.29) is 0 Å². The molecule has 26 heavy (non-hydrogen) atoms. The Kier molecular flexibility index (Phi) is 10.1. The molecule has 1 aliphatic rings. The number of nitrogens with one attached hydrogen (secondary N) is 2. The topological polar surface area (TPSA) is 48.9 Å². The first-order valence-corrected chi connectivity index (χ1v) is 10.1. The second kappa shape index (κ2) is 12.7. The number of ether oxygens (including phenoxy) is 1. The molecule has 5 nitrogen and oxygen atoms in total. The van der Waals surface area contributed by atoms with E-state index in [9.17, 15) is 0 Å². The number of guanidine groups is 1. The molecule has 0 spiro atoms. The fraction of sp³-hybridized carbons (Fsp3) is 0.667. The highest BCUT2D eigenvalue weighted by Crippen LogP contribution is 2.15. The quantitative estimate of drug-likeness (QED) is 0.362. The number of unbranched alkanes of at least 4 members (excludes halogenated alkanes) is 1. The van der Waals surface area contributed by atoms with Crippen LogP contribution in [0.1, 0.15) is 38.2 Å². The first kappa shape index (κ1) is 20.7. The molecule has 0 saturated carbocycles. The summed E-state index contributed by atoms with van der Waals surface area (Å²) in [6, 6.07) is 11.2. The maximum absolute atomic E-state index is 5.73. The van der Waals surface area contributed by atoms with E-state index in [1.807, 2.05) is 13.1 Å². The van der Waals surface area contributed by atoms with Gasteiger partial charge in [0.1, 0.15) is 0 Å². The van der Waals surface area contributed by atoms with E-state index in [1.54, 1.807) is 0 Å². The van der Waals surface area contributed by atoms with Crippen LogP contribution in [0.4, 0.5) is 0 Å². The Morgan fingerprint density at radius 3 is 2.81 bits per heavy atom. The van der Waals surface area contributed by atoms with Crippen molar-refractivity contribution in [2.45, 2.75) is 45.1 Å². The standard InChI is InChI=1S/C21H36N4O/c1-3-25-15-9-12-20(25)18-24-21(22-2)23-14-7-8-16-26-17-13-19-10-5-4-6-11-19/h4-6,10-11,20H,3,7-9,12-18H2,1-2H3,(H2,22,23,24). The van der Waals surface area contributed by atoms with Crippen LogP contribution in [0, 0.1) is 0 Å². The molecule has 1 aromatic carbocycles. The molecule has 0 radical (unpaired) electrons. The van der Waals surface area contributed by atoms with Crippen molar-refractivity contribution in [1.82, 2.24) is 15.5 Å². The maximum Gasteiger partial charge on any atom is 0.191 e. The molecule has 0 amide bonds. The van der Waals surface area contributed by atoms with Crippen LogP contribution in [-0.2, 0) is 11.2 Å². The lowest BCUT2D eigenvalue weighted by molar-refractivity contribution is 0.133. The molecule has 1 unspecified atom stereocenters. The monoisotopic (exact) mass is 360 g/mol. The number of benzene rings is 1. The van der Waals surface area contributed by atoms with Gasteiger partial charge < -0.3 is 15.4 Å². The van der Waals surface area contributed by atoms with Crippen LogP contribution in [-0.4, -0.2) is 63.3 Å². The van der Waals surface area contributed by atoms with Crippen LogP contribution >= 0.6 is 0 Å². The third-order valence-electron chi connectivity index (χ3n) is 5.02. The Morgan fingerprint density at radius 1 is 1.19 bits per heavy atom. The van der Waals surface area contributed by atoms with Gasteiger partial charge in [-0.1, -0.05) is 37.3 Å². The van der Waals surface area contributed by atoms with E-state index >= 15 is 0 Å². The molecule has 0 aliphatic carbocycles. The molecule has 5 heteroatoms. The minimum Gasteiger partial charge on any atom is -0.381 e. The molecule has 0 aromatic heterocycles. The fourth-order valence-corrected chi connectivity index (χ4v) is 3.45. The zero-order chi connectivity index (χ0) is 18.5. The van der Waals surface area contributed by atoms with Gasteiger partial charge in [0.2, 0.25) is 0 Å². The second-order valence-corrected chi connectivity index (χ2v) is 6.86. The fourth-order valence-electron chi connectivity index (χ4n) is 3.45. The van der Waals surface area contributed by atoms with Crippen molar-refractivity contribution in [1.29, 1.82) is 0 Å². The molecule has 2 N–H and O–H groups in total. The SMILES string of the molecule is CCN1CCCC1CNC(=NC)NCCCCOCCc1ccccc1. The lowest BCUT2D eigenvalue weighted by atomic mass is 10.2. The van der Waals surface area contributed by atoms with Gasteiger partial charge in [0.05, 0.1) is 6.61 Å². The first-order valence-electron chi connectivity index (χ1n) is 10.1. The Bertz CT molecular complexity index is 506. The number of hydrogen-bond acceptors (Lipinski definition) is 3. The van der Waals surface area contributed by atoms with E-state index in [1.165, 1.54) is 24.9 Å². The summed E-state index contributed by atoms with van der Waals surface area (Å²) < 4.78 is 5.73. The normalized spacial score (nSPS) is 18.2. The number of nitrogens with zero attached hydrogens (tertiary/aromatic N) is 2. The number of likely N-dealkylation sites (tertiary alicyclic amines) is 1. The summed E-state index contributed by atoms with van der Waals surface area (Å²) >= 11 is 0. The summed E-state index contributed by atoms with van der Waals surface area (Å²) in [5.74, 6) is 0.915. The number of aliphatic imine (C=N–C) groups is 1. The van der Waals surface area contributed by atoms with E-state index in [4.69, 9.17) is 4.74 Å². The van der Waals surface area contributed by atoms with Gasteiger partial charge in [0.25, 0.3) is 0 Å². The minimum atomic E-state index is 0.650. The van der Waals surface area contributed by atoms with Gasteiger partial charge in [0.15, 0.2) is 5.96 Å². The van der Waals surface area contributed by atoms with Gasteiger partial charge in [0, 0.05) is 32.8 Å². The predicted octanol–water partition coefficient (Wildman–Crippen LogP) is 2.68. The summed E-state index contributed by atoms with van der Waals surface area (Å²) in [6.07, 6.45) is 5.77. The van der Waals surface area contributed by atoms with Crippen LogP contribution < -0.4 is 10.6 Å². The predicted molar refractivity (Wildman–Crippen MR) is 110 cm³/mol. The van der Waals surface area contributed by atoms with Crippen molar-refractivity contribution in [2.75, 3.05) is 46.4 Å². The van der Waals surface area contributed by atoms with Crippen LogP contribution in [0.5, 0.6) is 0 Å². The number of likely N-dealkylation sites (N-methyl/N-ethyl adjacent to an activating group) is 1. The third-order valence-corrected chi connectivity index (χ3v) is 5.02. The average Bonchev–Trinajstić information content (AvgIpc) is 3.14. The molecule has 1 aromatic rings.